The van der Waals surface area contributed by atoms with Crippen molar-refractivity contribution in [3.8, 4) is 0 Å². The molecule has 0 aromatic heterocycles. The molecule has 1 aliphatic rings. The minimum Gasteiger partial charge on any atom is -0.308 e. The van der Waals surface area contributed by atoms with E-state index in [9.17, 15) is 13.2 Å². The van der Waals surface area contributed by atoms with E-state index in [1.807, 2.05) is 25.1 Å². The van der Waals surface area contributed by atoms with Crippen molar-refractivity contribution in [3.05, 3.63) is 56.5 Å². The van der Waals surface area contributed by atoms with Gasteiger partial charge in [-0.15, -0.1) is 0 Å². The number of hydrogen-bond acceptors (Lipinski definition) is 3. The minimum atomic E-state index is -3.96. The van der Waals surface area contributed by atoms with Crippen LogP contribution in [0.1, 0.15) is 12.5 Å². The van der Waals surface area contributed by atoms with E-state index in [2.05, 4.69) is 15.9 Å². The second-order valence-electron chi connectivity index (χ2n) is 6.43. The maximum atomic E-state index is 12.9. The Hall–Kier alpha value is -1.12. The molecular weight excluding hydrogens is 475 g/mol. The van der Waals surface area contributed by atoms with Gasteiger partial charge in [-0.3, -0.25) is 4.79 Å². The average Bonchev–Trinajstić information content (AvgIpc) is 2.91. The molecule has 0 N–H and O–H groups in total. The van der Waals surface area contributed by atoms with E-state index >= 15 is 0 Å². The smallest absolute Gasteiger partial charge is 0.244 e. The third-order valence-corrected chi connectivity index (χ3v) is 7.48. The van der Waals surface area contributed by atoms with Gasteiger partial charge in [0.1, 0.15) is 4.90 Å². The molecule has 1 atom stereocenters. The third kappa shape index (κ3) is 4.03. The van der Waals surface area contributed by atoms with E-state index in [4.69, 9.17) is 23.2 Å². The van der Waals surface area contributed by atoms with Gasteiger partial charge in [0, 0.05) is 28.3 Å². The van der Waals surface area contributed by atoms with Gasteiger partial charge in [0.2, 0.25) is 15.9 Å². The molecule has 27 heavy (non-hydrogen) atoms. The van der Waals surface area contributed by atoms with Gasteiger partial charge in [-0.05, 0) is 55.3 Å². The zero-order chi connectivity index (χ0) is 19.9. The Kier molecular flexibility index (Phi) is 5.89. The number of carbonyl (C=O) groups excluding carboxylic acids is 1. The first-order valence-electron chi connectivity index (χ1n) is 8.13. The molecule has 5 nitrogen and oxygen atoms in total. The Morgan fingerprint density at radius 1 is 1.26 bits per heavy atom. The predicted octanol–water partition coefficient (Wildman–Crippen LogP) is 4.35. The van der Waals surface area contributed by atoms with E-state index in [-0.39, 0.29) is 33.4 Å². The number of rotatable bonds is 4. The van der Waals surface area contributed by atoms with Gasteiger partial charge in [-0.25, -0.2) is 8.42 Å². The molecule has 0 spiro atoms. The monoisotopic (exact) mass is 490 g/mol. The standard InChI is InChI=1S/C18H17BrCl2N2O3S/c1-11-7-12-8-13(19)3-6-16(12)23(11)18(24)10-22(2)27(25,26)17-9-14(20)4-5-15(17)21/h3-6,8-9,11H,7,10H2,1-2H3. The number of likely N-dealkylation sites (N-methyl/N-ethyl adjacent to an activating group) is 1. The summed E-state index contributed by atoms with van der Waals surface area (Å²) < 4.78 is 27.6. The molecule has 0 fully saturated rings. The summed E-state index contributed by atoms with van der Waals surface area (Å²) in [4.78, 5) is 14.4. The second kappa shape index (κ2) is 7.72. The summed E-state index contributed by atoms with van der Waals surface area (Å²) in [6.45, 7) is 1.64. The molecule has 2 aromatic rings. The largest absolute Gasteiger partial charge is 0.308 e. The first-order chi connectivity index (χ1) is 12.6. The second-order valence-corrected chi connectivity index (χ2v) is 10.2. The highest BCUT2D eigenvalue weighted by Gasteiger charge is 2.34. The summed E-state index contributed by atoms with van der Waals surface area (Å²) in [6, 6.07) is 9.87. The van der Waals surface area contributed by atoms with Crippen molar-refractivity contribution in [1.29, 1.82) is 0 Å². The minimum absolute atomic E-state index is 0.0485. The molecule has 3 rings (SSSR count). The lowest BCUT2D eigenvalue weighted by molar-refractivity contribution is -0.118. The van der Waals surface area contributed by atoms with Crippen LogP contribution in [0.2, 0.25) is 10.0 Å². The van der Waals surface area contributed by atoms with Crippen molar-refractivity contribution < 1.29 is 13.2 Å². The molecule has 1 aliphatic heterocycles. The fourth-order valence-electron chi connectivity index (χ4n) is 3.17. The lowest BCUT2D eigenvalue weighted by atomic mass is 10.1. The summed E-state index contributed by atoms with van der Waals surface area (Å²) in [6.07, 6.45) is 0.719. The Morgan fingerprint density at radius 2 is 1.96 bits per heavy atom. The van der Waals surface area contributed by atoms with Crippen LogP contribution in [0.5, 0.6) is 0 Å². The SMILES string of the molecule is CC1Cc2cc(Br)ccc2N1C(=O)CN(C)S(=O)(=O)c1cc(Cl)ccc1Cl. The van der Waals surface area contributed by atoms with Gasteiger partial charge in [0.25, 0.3) is 0 Å². The summed E-state index contributed by atoms with van der Waals surface area (Å²) in [7, 11) is -2.60. The number of benzene rings is 2. The predicted molar refractivity (Wildman–Crippen MR) is 111 cm³/mol. The van der Waals surface area contributed by atoms with Crippen LogP contribution in [0.15, 0.2) is 45.8 Å². The van der Waals surface area contributed by atoms with E-state index in [1.165, 1.54) is 25.2 Å². The molecule has 0 saturated heterocycles. The van der Waals surface area contributed by atoms with E-state index in [0.29, 0.717) is 0 Å². The number of anilines is 1. The summed E-state index contributed by atoms with van der Waals surface area (Å²) in [5.41, 5.74) is 1.86. The normalized spacial score (nSPS) is 16.7. The Morgan fingerprint density at radius 3 is 2.67 bits per heavy atom. The fourth-order valence-corrected chi connectivity index (χ4v) is 5.44. The molecule has 144 valence electrons. The van der Waals surface area contributed by atoms with Crippen LogP contribution in [-0.4, -0.2) is 38.3 Å². The van der Waals surface area contributed by atoms with E-state index in [1.54, 1.807) is 4.90 Å². The average molecular weight is 492 g/mol. The number of halogens is 3. The van der Waals surface area contributed by atoms with Crippen LogP contribution in [0.25, 0.3) is 0 Å². The van der Waals surface area contributed by atoms with Crippen LogP contribution in [0.4, 0.5) is 5.69 Å². The first kappa shape index (κ1) is 20.6. The van der Waals surface area contributed by atoms with Crippen LogP contribution in [0, 0.1) is 0 Å². The quantitative estimate of drug-likeness (QED) is 0.638. The topological polar surface area (TPSA) is 57.7 Å². The molecule has 0 aliphatic carbocycles. The van der Waals surface area contributed by atoms with Crippen LogP contribution in [-0.2, 0) is 21.2 Å². The Labute approximate surface area is 177 Å². The van der Waals surface area contributed by atoms with Crippen molar-refractivity contribution >= 4 is 60.7 Å². The molecule has 0 saturated carbocycles. The maximum absolute atomic E-state index is 12.9. The summed E-state index contributed by atoms with van der Waals surface area (Å²) >= 11 is 15.4. The zero-order valence-electron chi connectivity index (χ0n) is 14.6. The molecule has 1 heterocycles. The highest BCUT2D eigenvalue weighted by molar-refractivity contribution is 9.10. The maximum Gasteiger partial charge on any atom is 0.244 e. The van der Waals surface area contributed by atoms with Gasteiger partial charge in [0.05, 0.1) is 11.6 Å². The molecule has 9 heteroatoms. The van der Waals surface area contributed by atoms with E-state index in [0.717, 1.165) is 26.4 Å². The van der Waals surface area contributed by atoms with Gasteiger partial charge < -0.3 is 4.90 Å². The van der Waals surface area contributed by atoms with Gasteiger partial charge >= 0.3 is 0 Å². The van der Waals surface area contributed by atoms with Crippen molar-refractivity contribution in [3.63, 3.8) is 0 Å². The number of nitrogens with zero attached hydrogens (tertiary/aromatic N) is 2. The van der Waals surface area contributed by atoms with Crippen LogP contribution in [0.3, 0.4) is 0 Å². The lowest BCUT2D eigenvalue weighted by Crippen LogP contribution is -2.43. The number of fused-ring (bicyclic) bond motifs is 1. The van der Waals surface area contributed by atoms with Crippen molar-refractivity contribution in [1.82, 2.24) is 4.31 Å². The van der Waals surface area contributed by atoms with E-state index < -0.39 is 10.0 Å². The van der Waals surface area contributed by atoms with Gasteiger partial charge in [0.15, 0.2) is 0 Å². The van der Waals surface area contributed by atoms with Crippen LogP contribution < -0.4 is 4.90 Å². The number of carbonyl (C=O) groups is 1. The first-order valence-corrected chi connectivity index (χ1v) is 11.1. The van der Waals surface area contributed by atoms with Crippen molar-refractivity contribution in [2.45, 2.75) is 24.3 Å². The molecule has 0 bridgehead atoms. The molecule has 0 radical (unpaired) electrons. The number of hydrogen-bond donors (Lipinski definition) is 0. The van der Waals surface area contributed by atoms with Crippen molar-refractivity contribution in [2.75, 3.05) is 18.5 Å². The number of sulfonamides is 1. The molecule has 2 aromatic carbocycles. The molecular formula is C18H17BrCl2N2O3S. The third-order valence-electron chi connectivity index (χ3n) is 4.47. The highest BCUT2D eigenvalue weighted by atomic mass is 79.9. The van der Waals surface area contributed by atoms with Gasteiger partial charge in [-0.2, -0.15) is 4.31 Å². The Bertz CT molecular complexity index is 1010. The number of amides is 1. The summed E-state index contributed by atoms with van der Waals surface area (Å²) in [5.74, 6) is -0.298. The Balaban J connectivity index is 1.85. The molecule has 1 unspecified atom stereocenters. The highest BCUT2D eigenvalue weighted by Crippen LogP contribution is 2.34. The van der Waals surface area contributed by atoms with Crippen molar-refractivity contribution in [2.24, 2.45) is 0 Å². The van der Waals surface area contributed by atoms with Gasteiger partial charge in [-0.1, -0.05) is 39.1 Å². The molecule has 1 amide bonds. The lowest BCUT2D eigenvalue weighted by Gasteiger charge is -2.26. The summed E-state index contributed by atoms with van der Waals surface area (Å²) in [5, 5.41) is 0.314. The fraction of sp³-hybridized carbons (Fsp3) is 0.278. The zero-order valence-corrected chi connectivity index (χ0v) is 18.5. The van der Waals surface area contributed by atoms with Crippen LogP contribution >= 0.6 is 39.1 Å².